The van der Waals surface area contributed by atoms with Crippen molar-refractivity contribution in [3.05, 3.63) is 45.6 Å². The quantitative estimate of drug-likeness (QED) is 0.395. The van der Waals surface area contributed by atoms with Crippen molar-refractivity contribution in [1.82, 2.24) is 0 Å². The molecule has 0 unspecified atom stereocenters. The molecule has 0 atom stereocenters. The van der Waals surface area contributed by atoms with E-state index in [2.05, 4.69) is 86.0 Å². The van der Waals surface area contributed by atoms with E-state index in [1.807, 2.05) is 0 Å². The van der Waals surface area contributed by atoms with Crippen molar-refractivity contribution in [2.45, 2.75) is 67.5 Å². The van der Waals surface area contributed by atoms with Gasteiger partial charge in [0.25, 0.3) is 0 Å². The minimum absolute atomic E-state index is 0. The number of halogens is 2. The van der Waals surface area contributed by atoms with Crippen molar-refractivity contribution in [3.63, 3.8) is 0 Å². The molecule has 0 radical (unpaired) electrons. The van der Waals surface area contributed by atoms with Gasteiger partial charge in [-0.05, 0) is 0 Å². The average molecular weight is 391 g/mol. The maximum Gasteiger partial charge on any atom is -1.00 e. The number of allylic oxidation sites excluding steroid dienone is 8. The first-order chi connectivity index (χ1) is 9.16. The number of rotatable bonds is 0. The Morgan fingerprint density at radius 3 is 1.00 bits per heavy atom. The van der Waals surface area contributed by atoms with Crippen molar-refractivity contribution in [2.75, 3.05) is 0 Å². The van der Waals surface area contributed by atoms with E-state index in [0.29, 0.717) is 0 Å². The molecule has 0 amide bonds. The van der Waals surface area contributed by atoms with Crippen LogP contribution in [0.2, 0.25) is 13.1 Å². The Bertz CT molecular complexity index is 442. The van der Waals surface area contributed by atoms with Crippen LogP contribution in [-0.4, -0.2) is 6.19 Å². The van der Waals surface area contributed by atoms with Gasteiger partial charge in [0, 0.05) is 0 Å². The van der Waals surface area contributed by atoms with Gasteiger partial charge in [0.1, 0.15) is 0 Å². The van der Waals surface area contributed by atoms with E-state index in [4.69, 9.17) is 0 Å². The number of hydrogen-bond acceptors (Lipinski definition) is 0. The Hall–Kier alpha value is 0.471. The summed E-state index contributed by atoms with van der Waals surface area (Å²) in [6, 6.07) is 0. The third kappa shape index (κ3) is 11.1. The molecular formula is C18H28Cl2SiTi-2. The second-order valence-corrected chi connectivity index (χ2v) is 12.5. The van der Waals surface area contributed by atoms with E-state index in [9.17, 15) is 0 Å². The minimum atomic E-state index is 0. The molecule has 0 nitrogen and oxygen atoms in total. The monoisotopic (exact) mass is 390 g/mol. The van der Waals surface area contributed by atoms with Crippen molar-refractivity contribution < 1.29 is 44.0 Å². The predicted octanol–water partition coefficient (Wildman–Crippen LogP) is -0.256. The predicted molar refractivity (Wildman–Crippen MR) is 88.3 cm³/mol. The maximum atomic E-state index is 3.26. The smallest absolute Gasteiger partial charge is 1.00 e. The SMILES string of the molecule is CC1=[C-]CC(C)=C1C.CC1=[C-]CC(C)=C1C.C[Si](C)=[Ti+2].[Cl-].[Cl-]. The molecule has 0 fully saturated rings. The van der Waals surface area contributed by atoms with Crippen LogP contribution in [0.25, 0.3) is 0 Å². The summed E-state index contributed by atoms with van der Waals surface area (Å²) < 4.78 is 0. The Kier molecular flexibility index (Phi) is 17.2. The Labute approximate surface area is 162 Å². The van der Waals surface area contributed by atoms with Crippen LogP contribution in [0.5, 0.6) is 0 Å². The largest absolute Gasteiger partial charge is 1.00 e. The Morgan fingerprint density at radius 2 is 0.955 bits per heavy atom. The summed E-state index contributed by atoms with van der Waals surface area (Å²) in [7, 11) is 0. The summed E-state index contributed by atoms with van der Waals surface area (Å²) in [5.74, 6) is 0. The van der Waals surface area contributed by atoms with E-state index in [0.717, 1.165) is 12.8 Å². The van der Waals surface area contributed by atoms with Gasteiger partial charge in [-0.2, -0.15) is 22.3 Å². The van der Waals surface area contributed by atoms with Gasteiger partial charge in [-0.3, -0.25) is 12.2 Å². The second kappa shape index (κ2) is 13.9. The van der Waals surface area contributed by atoms with Crippen LogP contribution in [0, 0.1) is 12.2 Å². The van der Waals surface area contributed by atoms with E-state index in [1.165, 1.54) is 33.4 Å². The molecule has 0 aromatic carbocycles. The van der Waals surface area contributed by atoms with Gasteiger partial charge < -0.3 is 24.8 Å². The molecule has 0 N–H and O–H groups in total. The number of hydrogen-bond donors (Lipinski definition) is 0. The Morgan fingerprint density at radius 1 is 0.727 bits per heavy atom. The third-order valence-corrected chi connectivity index (χ3v) is 3.64. The molecule has 0 aromatic rings. The fraction of sp³-hybridized carbons (Fsp3) is 0.556. The molecule has 22 heavy (non-hydrogen) atoms. The van der Waals surface area contributed by atoms with E-state index < -0.39 is 0 Å². The fourth-order valence-electron chi connectivity index (χ4n) is 1.70. The van der Waals surface area contributed by atoms with Gasteiger partial charge in [-0.1, -0.05) is 27.7 Å². The van der Waals surface area contributed by atoms with Crippen LogP contribution in [0.15, 0.2) is 33.4 Å². The van der Waals surface area contributed by atoms with Gasteiger partial charge in [0.05, 0.1) is 0 Å². The molecule has 0 aromatic heterocycles. The van der Waals surface area contributed by atoms with Gasteiger partial charge in [0.15, 0.2) is 0 Å². The summed E-state index contributed by atoms with van der Waals surface area (Å²) >= 11 is 2.27. The van der Waals surface area contributed by atoms with Gasteiger partial charge in [0.2, 0.25) is 0 Å². The normalized spacial score (nSPS) is 15.5. The molecule has 4 heteroatoms. The zero-order valence-corrected chi connectivity index (χ0v) is 19.2. The van der Waals surface area contributed by atoms with Crippen LogP contribution in [0.4, 0.5) is 0 Å². The van der Waals surface area contributed by atoms with E-state index in [1.54, 1.807) is 0 Å². The molecule has 0 spiro atoms. The summed E-state index contributed by atoms with van der Waals surface area (Å²) in [6.45, 7) is 17.4. The molecule has 124 valence electrons. The summed E-state index contributed by atoms with van der Waals surface area (Å²) in [6.07, 6.45) is 8.75. The van der Waals surface area contributed by atoms with Crippen molar-refractivity contribution in [2.24, 2.45) is 0 Å². The maximum absolute atomic E-state index is 3.26. The van der Waals surface area contributed by atoms with Gasteiger partial charge in [-0.15, -0.1) is 26.7 Å². The molecule has 0 bridgehead atoms. The first-order valence-corrected chi connectivity index (χ1v) is 12.0. The third-order valence-electron chi connectivity index (χ3n) is 3.64. The van der Waals surface area contributed by atoms with Crippen molar-refractivity contribution in [3.8, 4) is 0 Å². The van der Waals surface area contributed by atoms with Crippen LogP contribution in [0.1, 0.15) is 54.4 Å². The standard InChI is InChI=1S/2C8H11.C2H6Si.2ClH.Ti/c2*1-6-4-5-7(2)8(6)3;1-3-2;;;/h2*4H2,1-3H3;1-2H3;2*1H;/q2*-1;;;;+2/p-2. The zero-order valence-electron chi connectivity index (χ0n) is 15.2. The fourth-order valence-corrected chi connectivity index (χ4v) is 1.70. The van der Waals surface area contributed by atoms with Gasteiger partial charge in [-0.25, -0.2) is 11.1 Å². The summed E-state index contributed by atoms with van der Waals surface area (Å²) in [5, 5.41) is 0. The average Bonchev–Trinajstić information content (AvgIpc) is 2.80. The van der Waals surface area contributed by atoms with Gasteiger partial charge >= 0.3 is 38.5 Å². The van der Waals surface area contributed by atoms with Crippen LogP contribution < -0.4 is 24.8 Å². The molecule has 2 aliphatic carbocycles. The second-order valence-electron chi connectivity index (χ2n) is 5.77. The van der Waals surface area contributed by atoms with Crippen molar-refractivity contribution >= 4 is 6.19 Å². The molecule has 0 heterocycles. The van der Waals surface area contributed by atoms with Crippen LogP contribution in [-0.2, 0) is 19.2 Å². The van der Waals surface area contributed by atoms with E-state index in [-0.39, 0.29) is 31.0 Å². The molecular weight excluding hydrogens is 363 g/mol. The molecule has 0 saturated heterocycles. The Balaban J connectivity index is -0.000000249. The first-order valence-electron chi connectivity index (χ1n) is 7.16. The molecule has 0 aliphatic heterocycles. The topological polar surface area (TPSA) is 0 Å². The summed E-state index contributed by atoms with van der Waals surface area (Å²) in [5.41, 5.74) is 8.49. The molecule has 2 aliphatic rings. The molecule has 2 rings (SSSR count). The first kappa shape index (κ1) is 27.3. The van der Waals surface area contributed by atoms with Crippen LogP contribution in [0.3, 0.4) is 0 Å². The zero-order chi connectivity index (χ0) is 15.9. The van der Waals surface area contributed by atoms with Crippen LogP contribution >= 0.6 is 0 Å². The minimum Gasteiger partial charge on any atom is -1.00 e. The van der Waals surface area contributed by atoms with E-state index >= 15 is 0 Å². The van der Waals surface area contributed by atoms with Crippen molar-refractivity contribution in [1.29, 1.82) is 0 Å². The molecule has 0 saturated carbocycles. The summed E-state index contributed by atoms with van der Waals surface area (Å²) in [4.78, 5) is 0.